The Morgan fingerprint density at radius 3 is 0.522 bits per heavy atom. The third-order valence-corrected chi connectivity index (χ3v) is 1.50. The molecule has 0 aromatic heterocycles. The normalized spacial score (nSPS) is 5.30. The van der Waals surface area contributed by atoms with Crippen LogP contribution in [0.25, 0.3) is 0 Å². The van der Waals surface area contributed by atoms with Crippen LogP contribution in [-0.4, -0.2) is 91.7 Å². The molecule has 23 heavy (non-hydrogen) atoms. The molecule has 0 aliphatic heterocycles. The summed E-state index contributed by atoms with van der Waals surface area (Å²) in [5, 5.41) is 0. The Hall–Kier alpha value is 1.30. The van der Waals surface area contributed by atoms with E-state index >= 15 is 0 Å². The Bertz CT molecular complexity index is 244. The quantitative estimate of drug-likeness (QED) is 0.227. The van der Waals surface area contributed by atoms with Gasteiger partial charge in [-0.05, 0) is 0 Å². The Morgan fingerprint density at radius 2 is 0.522 bits per heavy atom. The molecule has 152 valence electrons. The Labute approximate surface area is 174 Å². The molecular formula is H24Na2O19S2. The van der Waals surface area contributed by atoms with Gasteiger partial charge in [0, 0.05) is 0 Å². The molecule has 0 spiro atoms. The van der Waals surface area contributed by atoms with Gasteiger partial charge < -0.3 is 74.8 Å². The zero-order valence-corrected chi connectivity index (χ0v) is 17.3. The Morgan fingerprint density at radius 1 is 0.435 bits per heavy atom. The summed E-state index contributed by atoms with van der Waals surface area (Å²) in [6.45, 7) is 0. The fraction of sp³-hybridized carbons (Fsp3) is 0. The number of rotatable bonds is 2. The van der Waals surface area contributed by atoms with Gasteiger partial charge in [-0.2, -0.15) is 3.63 Å². The second-order valence-electron chi connectivity index (χ2n) is 0.885. The fourth-order valence-electron chi connectivity index (χ4n) is 0.102. The van der Waals surface area contributed by atoms with Gasteiger partial charge in [-0.3, -0.25) is 0 Å². The van der Waals surface area contributed by atoms with Crippen LogP contribution in [0.1, 0.15) is 0 Å². The minimum atomic E-state index is -5.43. The van der Waals surface area contributed by atoms with Gasteiger partial charge >= 0.3 is 59.1 Å². The monoisotopic (exact) mass is 438 g/mol. The van der Waals surface area contributed by atoms with Crippen LogP contribution in [0, 0.1) is 0 Å². The van der Waals surface area contributed by atoms with Crippen molar-refractivity contribution >= 4 is 20.8 Å². The van der Waals surface area contributed by atoms with Crippen molar-refractivity contribution in [3.8, 4) is 0 Å². The van der Waals surface area contributed by atoms with E-state index in [1.807, 2.05) is 0 Å². The summed E-state index contributed by atoms with van der Waals surface area (Å²) >= 11 is 0. The van der Waals surface area contributed by atoms with Gasteiger partial charge in [0.2, 0.25) is 20.8 Å². The van der Waals surface area contributed by atoms with E-state index in [-0.39, 0.29) is 125 Å². The number of hydrogen-bond acceptors (Lipinski definition) is 7. The summed E-state index contributed by atoms with van der Waals surface area (Å²) in [4.78, 5) is 0. The van der Waals surface area contributed by atoms with Crippen LogP contribution in [-0.2, 0) is 24.4 Å². The second-order valence-corrected chi connectivity index (χ2v) is 3.06. The maximum atomic E-state index is 9.29. The molecule has 0 amide bonds. The van der Waals surface area contributed by atoms with E-state index in [9.17, 15) is 25.9 Å². The van der Waals surface area contributed by atoms with Crippen LogP contribution in [0.2, 0.25) is 0 Å². The average Bonchev–Trinajstić information content (AvgIpc) is 1.14. The first-order valence-electron chi connectivity index (χ1n) is 1.33. The molecule has 0 saturated carbocycles. The van der Waals surface area contributed by atoms with E-state index < -0.39 is 20.8 Å². The van der Waals surface area contributed by atoms with Gasteiger partial charge in [0.05, 0.1) is 0 Å². The average molecular weight is 438 g/mol. The van der Waals surface area contributed by atoms with Crippen LogP contribution >= 0.6 is 0 Å². The van der Waals surface area contributed by atoms with E-state index in [0.29, 0.717) is 0 Å². The summed E-state index contributed by atoms with van der Waals surface area (Å²) in [5.41, 5.74) is 0. The summed E-state index contributed by atoms with van der Waals surface area (Å²) < 4.78 is 58.2. The first-order chi connectivity index (χ1) is 3.71. The molecule has 19 nitrogen and oxygen atoms in total. The van der Waals surface area contributed by atoms with Crippen molar-refractivity contribution in [1.29, 1.82) is 0 Å². The van der Waals surface area contributed by atoms with Crippen molar-refractivity contribution in [2.75, 3.05) is 0 Å². The van der Waals surface area contributed by atoms with Crippen LogP contribution in [0.4, 0.5) is 0 Å². The van der Waals surface area contributed by atoms with Crippen molar-refractivity contribution in [2.24, 2.45) is 0 Å². The van der Waals surface area contributed by atoms with Gasteiger partial charge in [0.1, 0.15) is 0 Å². The molecule has 0 atom stereocenters. The van der Waals surface area contributed by atoms with Crippen molar-refractivity contribution in [3.63, 3.8) is 0 Å². The molecule has 0 heterocycles. The molecule has 0 aliphatic carbocycles. The van der Waals surface area contributed by atoms with E-state index in [1.165, 1.54) is 0 Å². The zero-order valence-electron chi connectivity index (χ0n) is 11.7. The Balaban J connectivity index is -0.00000000352. The molecule has 0 unspecified atom stereocenters. The van der Waals surface area contributed by atoms with Gasteiger partial charge in [-0.25, -0.2) is 16.8 Å². The van der Waals surface area contributed by atoms with E-state index in [2.05, 4.69) is 3.63 Å². The van der Waals surface area contributed by atoms with Crippen molar-refractivity contribution in [2.45, 2.75) is 0 Å². The first kappa shape index (κ1) is 153. The summed E-state index contributed by atoms with van der Waals surface area (Å²) in [7, 11) is -10.9. The predicted molar refractivity (Wildman–Crippen MR) is 63.8 cm³/mol. The molecule has 0 radical (unpaired) electrons. The Kier molecular flexibility index (Phi) is 376. The van der Waals surface area contributed by atoms with Gasteiger partial charge in [-0.1, -0.05) is 0 Å². The maximum absolute atomic E-state index is 9.29. The first-order valence-corrected chi connectivity index (χ1v) is 4.00. The zero-order chi connectivity index (χ0) is 7.71. The predicted octanol–water partition coefficient (Wildman–Crippen LogP) is -18.0. The van der Waals surface area contributed by atoms with Crippen molar-refractivity contribution in [1.82, 2.24) is 0 Å². The van der Waals surface area contributed by atoms with Crippen LogP contribution < -0.4 is 59.1 Å². The molecule has 0 bridgehead atoms. The van der Waals surface area contributed by atoms with Crippen LogP contribution in [0.3, 0.4) is 0 Å². The SMILES string of the molecule is O.O.O.O.O.O.O.O.O.O.O.O.O=S(=O)([O-])OS(=O)(=O)[O-].[Na+].[Na+]. The van der Waals surface area contributed by atoms with Crippen molar-refractivity contribution in [3.05, 3.63) is 0 Å². The largest absolute Gasteiger partial charge is 1.00 e. The van der Waals surface area contributed by atoms with Crippen LogP contribution in [0.15, 0.2) is 0 Å². The van der Waals surface area contributed by atoms with E-state index in [1.54, 1.807) is 0 Å². The fourth-order valence-corrected chi connectivity index (χ4v) is 0.919. The number of hydrogen-bond donors (Lipinski definition) is 0. The van der Waals surface area contributed by atoms with E-state index in [0.717, 1.165) is 0 Å². The van der Waals surface area contributed by atoms with Crippen molar-refractivity contribution < 1.29 is 154 Å². The minimum Gasteiger partial charge on any atom is -0.725 e. The smallest absolute Gasteiger partial charge is 0.725 e. The van der Waals surface area contributed by atoms with Gasteiger partial charge in [-0.15, -0.1) is 0 Å². The molecule has 0 aromatic rings. The third kappa shape index (κ3) is 198. The van der Waals surface area contributed by atoms with Gasteiger partial charge in [0.25, 0.3) is 0 Å². The topological polar surface area (TPSA) is 502 Å². The molecule has 0 aliphatic rings. The summed E-state index contributed by atoms with van der Waals surface area (Å²) in [6, 6.07) is 0. The molecule has 0 rings (SSSR count). The molecule has 24 N–H and O–H groups in total. The van der Waals surface area contributed by atoms with E-state index in [4.69, 9.17) is 0 Å². The molecule has 23 heteroatoms. The molecular weight excluding hydrogens is 414 g/mol. The minimum absolute atomic E-state index is 0. The second kappa shape index (κ2) is 56.7. The maximum Gasteiger partial charge on any atom is 1.00 e. The molecule has 0 fully saturated rings. The summed E-state index contributed by atoms with van der Waals surface area (Å²) in [5.74, 6) is 0. The van der Waals surface area contributed by atoms with Gasteiger partial charge in [0.15, 0.2) is 0 Å². The summed E-state index contributed by atoms with van der Waals surface area (Å²) in [6.07, 6.45) is 0. The molecule has 0 aromatic carbocycles. The van der Waals surface area contributed by atoms with Crippen LogP contribution in [0.5, 0.6) is 0 Å². The standard InChI is InChI=1S/2Na.H2O7S2.12H2O/c;;1-8(2,3)7-9(4,5)6;;;;;;;;;;;;/h;;(H,1,2,3)(H,4,5,6);12*1H2/q2*+1;;;;;;;;;;;;;/p-2. The third-order valence-electron chi connectivity index (χ3n) is 0.167. The molecule has 0 saturated heterocycles.